The fourth-order valence-electron chi connectivity index (χ4n) is 3.03. The van der Waals surface area contributed by atoms with Crippen LogP contribution in [-0.4, -0.2) is 18.0 Å². The number of halogens is 3. The van der Waals surface area contributed by atoms with Crippen molar-refractivity contribution in [2.75, 3.05) is 4.90 Å². The van der Waals surface area contributed by atoms with E-state index in [4.69, 9.17) is 0 Å². The second-order valence-corrected chi connectivity index (χ2v) is 6.54. The topological polar surface area (TPSA) is 49.4 Å². The third kappa shape index (κ3) is 5.26. The van der Waals surface area contributed by atoms with Crippen LogP contribution in [0.15, 0.2) is 91.0 Å². The SMILES string of the molecule is O=C(C[C@H](NC(=O)C(F)(F)F)c1ccccc1)N(c1ccccc1)c1ccccc1. The minimum atomic E-state index is -5.05. The van der Waals surface area contributed by atoms with Gasteiger partial charge in [-0.2, -0.15) is 13.2 Å². The Morgan fingerprint density at radius 1 is 0.767 bits per heavy atom. The lowest BCUT2D eigenvalue weighted by Crippen LogP contribution is -2.41. The number of hydrogen-bond donors (Lipinski definition) is 1. The van der Waals surface area contributed by atoms with Gasteiger partial charge in [0.1, 0.15) is 0 Å². The van der Waals surface area contributed by atoms with Crippen molar-refractivity contribution in [2.24, 2.45) is 0 Å². The number of carbonyl (C=O) groups is 2. The van der Waals surface area contributed by atoms with Crippen LogP contribution < -0.4 is 10.2 Å². The van der Waals surface area contributed by atoms with E-state index in [0.717, 1.165) is 0 Å². The minimum Gasteiger partial charge on any atom is -0.341 e. The van der Waals surface area contributed by atoms with Gasteiger partial charge < -0.3 is 5.32 Å². The third-order valence-electron chi connectivity index (χ3n) is 4.42. The van der Waals surface area contributed by atoms with E-state index in [9.17, 15) is 22.8 Å². The summed E-state index contributed by atoms with van der Waals surface area (Å²) in [6.07, 6.45) is -5.40. The number of nitrogens with one attached hydrogen (secondary N) is 1. The largest absolute Gasteiger partial charge is 0.471 e. The zero-order chi connectivity index (χ0) is 21.6. The Balaban J connectivity index is 1.93. The maximum Gasteiger partial charge on any atom is 0.471 e. The zero-order valence-corrected chi connectivity index (χ0v) is 15.8. The first kappa shape index (κ1) is 21.1. The average molecular weight is 412 g/mol. The molecule has 3 aromatic rings. The number of para-hydroxylation sites is 2. The van der Waals surface area contributed by atoms with Crippen LogP contribution in [0.3, 0.4) is 0 Å². The number of alkyl halides is 3. The first-order chi connectivity index (χ1) is 14.4. The number of benzene rings is 3. The van der Waals surface area contributed by atoms with Gasteiger partial charge in [0.15, 0.2) is 0 Å². The smallest absolute Gasteiger partial charge is 0.341 e. The first-order valence-electron chi connectivity index (χ1n) is 9.22. The van der Waals surface area contributed by atoms with Crippen molar-refractivity contribution in [3.8, 4) is 0 Å². The summed E-state index contributed by atoms with van der Waals surface area (Å²) in [4.78, 5) is 26.3. The predicted octanol–water partition coefficient (Wildman–Crippen LogP) is 5.16. The van der Waals surface area contributed by atoms with E-state index in [-0.39, 0.29) is 6.42 Å². The van der Waals surface area contributed by atoms with Crippen LogP contribution in [0.4, 0.5) is 24.5 Å². The molecule has 1 atom stereocenters. The summed E-state index contributed by atoms with van der Waals surface area (Å²) in [6.45, 7) is 0. The summed E-state index contributed by atoms with van der Waals surface area (Å²) in [5, 5.41) is 1.95. The molecule has 0 aliphatic carbocycles. The highest BCUT2D eigenvalue weighted by molar-refractivity contribution is 6.01. The first-order valence-corrected chi connectivity index (χ1v) is 9.22. The lowest BCUT2D eigenvalue weighted by atomic mass is 10.0. The molecule has 30 heavy (non-hydrogen) atoms. The van der Waals surface area contributed by atoms with Crippen LogP contribution in [0.5, 0.6) is 0 Å². The molecular weight excluding hydrogens is 393 g/mol. The van der Waals surface area contributed by atoms with Gasteiger partial charge in [-0.05, 0) is 29.8 Å². The summed E-state index contributed by atoms with van der Waals surface area (Å²) in [5.41, 5.74) is 1.55. The van der Waals surface area contributed by atoms with Gasteiger partial charge in [-0.3, -0.25) is 14.5 Å². The summed E-state index contributed by atoms with van der Waals surface area (Å²) in [7, 11) is 0. The van der Waals surface area contributed by atoms with Gasteiger partial charge in [-0.25, -0.2) is 0 Å². The monoisotopic (exact) mass is 412 g/mol. The normalized spacial score (nSPS) is 12.1. The van der Waals surface area contributed by atoms with Crippen molar-refractivity contribution in [2.45, 2.75) is 18.6 Å². The molecule has 7 heteroatoms. The van der Waals surface area contributed by atoms with Gasteiger partial charge in [0.2, 0.25) is 5.91 Å². The molecule has 154 valence electrons. The Morgan fingerprint density at radius 2 is 1.20 bits per heavy atom. The second-order valence-electron chi connectivity index (χ2n) is 6.54. The molecule has 0 saturated heterocycles. The number of anilines is 2. The zero-order valence-electron chi connectivity index (χ0n) is 15.8. The highest BCUT2D eigenvalue weighted by Crippen LogP contribution is 2.29. The van der Waals surface area contributed by atoms with Crippen LogP contribution in [0, 0.1) is 0 Å². The van der Waals surface area contributed by atoms with Crippen LogP contribution in [0.25, 0.3) is 0 Å². The lowest BCUT2D eigenvalue weighted by Gasteiger charge is -2.26. The van der Waals surface area contributed by atoms with Gasteiger partial charge in [0, 0.05) is 11.4 Å². The van der Waals surface area contributed by atoms with Gasteiger partial charge in [-0.15, -0.1) is 0 Å². The molecule has 2 amide bonds. The second kappa shape index (κ2) is 9.26. The predicted molar refractivity (Wildman–Crippen MR) is 108 cm³/mol. The van der Waals surface area contributed by atoms with E-state index in [0.29, 0.717) is 16.9 Å². The van der Waals surface area contributed by atoms with Crippen molar-refractivity contribution in [1.29, 1.82) is 0 Å². The molecule has 0 radical (unpaired) electrons. The molecule has 0 fully saturated rings. The van der Waals surface area contributed by atoms with Gasteiger partial charge >= 0.3 is 12.1 Å². The number of rotatable bonds is 6. The molecule has 4 nitrogen and oxygen atoms in total. The summed E-state index contributed by atoms with van der Waals surface area (Å²) in [5.74, 6) is -2.54. The Hall–Kier alpha value is -3.61. The van der Waals surface area contributed by atoms with Crippen LogP contribution in [-0.2, 0) is 9.59 Å². The quantitative estimate of drug-likeness (QED) is 0.608. The molecular formula is C23H19F3N2O2. The van der Waals surface area contributed by atoms with Gasteiger partial charge in [0.25, 0.3) is 0 Å². The standard InChI is InChI=1S/C23H19F3N2O2/c24-23(25,26)22(30)27-20(17-10-4-1-5-11-17)16-21(29)28(18-12-6-2-7-13-18)19-14-8-3-9-15-19/h1-15,20H,16H2,(H,27,30)/t20-/m0/s1. The molecule has 0 aliphatic rings. The number of amides is 2. The van der Waals surface area contributed by atoms with Gasteiger partial charge in [0.05, 0.1) is 12.5 Å². The van der Waals surface area contributed by atoms with E-state index >= 15 is 0 Å². The Morgan fingerprint density at radius 3 is 1.63 bits per heavy atom. The van der Waals surface area contributed by atoms with E-state index in [1.165, 1.54) is 4.90 Å². The Kier molecular flexibility index (Phi) is 6.51. The molecule has 0 aromatic heterocycles. The van der Waals surface area contributed by atoms with Crippen LogP contribution in [0.2, 0.25) is 0 Å². The molecule has 3 rings (SSSR count). The molecule has 3 aromatic carbocycles. The van der Waals surface area contributed by atoms with Crippen LogP contribution in [0.1, 0.15) is 18.0 Å². The van der Waals surface area contributed by atoms with Gasteiger partial charge in [-0.1, -0.05) is 66.7 Å². The highest BCUT2D eigenvalue weighted by atomic mass is 19.4. The van der Waals surface area contributed by atoms with E-state index in [1.54, 1.807) is 91.0 Å². The number of hydrogen-bond acceptors (Lipinski definition) is 2. The molecule has 0 heterocycles. The molecule has 0 spiro atoms. The van der Waals surface area contributed by atoms with Crippen molar-refractivity contribution in [3.05, 3.63) is 96.6 Å². The fraction of sp³-hybridized carbons (Fsp3) is 0.130. The fourth-order valence-corrected chi connectivity index (χ4v) is 3.03. The minimum absolute atomic E-state index is 0.352. The summed E-state index contributed by atoms with van der Waals surface area (Å²) in [6, 6.07) is 24.6. The van der Waals surface area contributed by atoms with E-state index in [2.05, 4.69) is 0 Å². The summed E-state index contributed by atoms with van der Waals surface area (Å²) >= 11 is 0. The number of nitrogens with zero attached hydrogens (tertiary/aromatic N) is 1. The van der Waals surface area contributed by atoms with E-state index in [1.807, 2.05) is 5.32 Å². The van der Waals surface area contributed by atoms with Crippen molar-refractivity contribution < 1.29 is 22.8 Å². The highest BCUT2D eigenvalue weighted by Gasteiger charge is 2.40. The van der Waals surface area contributed by atoms with Crippen LogP contribution >= 0.6 is 0 Å². The lowest BCUT2D eigenvalue weighted by molar-refractivity contribution is -0.174. The number of carbonyl (C=O) groups excluding carboxylic acids is 2. The van der Waals surface area contributed by atoms with Crippen molar-refractivity contribution in [1.82, 2.24) is 5.32 Å². The molecule has 0 saturated carbocycles. The maximum absolute atomic E-state index is 13.3. The van der Waals surface area contributed by atoms with Crippen molar-refractivity contribution in [3.63, 3.8) is 0 Å². The van der Waals surface area contributed by atoms with Crippen molar-refractivity contribution >= 4 is 23.2 Å². The average Bonchev–Trinajstić information content (AvgIpc) is 2.75. The maximum atomic E-state index is 13.3. The molecule has 0 unspecified atom stereocenters. The molecule has 1 N–H and O–H groups in total. The molecule has 0 bridgehead atoms. The Labute approximate surface area is 171 Å². The van der Waals surface area contributed by atoms with E-state index < -0.39 is 24.0 Å². The summed E-state index contributed by atoms with van der Waals surface area (Å²) < 4.78 is 38.5. The Bertz CT molecular complexity index is 938. The third-order valence-corrected chi connectivity index (χ3v) is 4.42. The molecule has 0 aliphatic heterocycles.